The van der Waals surface area contributed by atoms with E-state index in [-0.39, 0.29) is 0 Å². The summed E-state index contributed by atoms with van der Waals surface area (Å²) in [5.74, 6) is 1.56. The van der Waals surface area contributed by atoms with Gasteiger partial charge in [0.15, 0.2) is 0 Å². The molecule has 0 saturated carbocycles. The van der Waals surface area contributed by atoms with E-state index in [4.69, 9.17) is 9.84 Å². The molecule has 2 atom stereocenters. The number of rotatable bonds is 7. The van der Waals surface area contributed by atoms with Crippen LogP contribution in [0.5, 0.6) is 5.75 Å². The van der Waals surface area contributed by atoms with E-state index in [2.05, 4.69) is 21.3 Å². The molecule has 1 aromatic heterocycles. The Morgan fingerprint density at radius 2 is 2.32 bits per heavy atom. The third kappa shape index (κ3) is 4.11. The fraction of sp³-hybridized carbons (Fsp3) is 0.706. The Morgan fingerprint density at radius 3 is 3.14 bits per heavy atom. The van der Waals surface area contributed by atoms with E-state index < -0.39 is 0 Å². The lowest BCUT2D eigenvalue weighted by atomic mass is 10.0. The van der Waals surface area contributed by atoms with Crippen LogP contribution in [0.3, 0.4) is 0 Å². The molecule has 0 spiro atoms. The van der Waals surface area contributed by atoms with Gasteiger partial charge in [-0.25, -0.2) is 0 Å². The first-order valence-electron chi connectivity index (χ1n) is 8.52. The molecule has 1 unspecified atom stereocenters. The number of ether oxygens (including phenoxy) is 1. The Hall–Kier alpha value is -1.33. The van der Waals surface area contributed by atoms with Crippen LogP contribution in [0.4, 0.5) is 5.69 Å². The fourth-order valence-electron chi connectivity index (χ4n) is 3.44. The number of aliphatic hydroxyl groups excluding tert-OH is 1. The summed E-state index contributed by atoms with van der Waals surface area (Å²) in [6.45, 7) is 4.27. The number of aliphatic hydroxyl groups is 1. The van der Waals surface area contributed by atoms with E-state index in [9.17, 15) is 0 Å². The summed E-state index contributed by atoms with van der Waals surface area (Å²) in [7, 11) is 0. The van der Waals surface area contributed by atoms with Crippen molar-refractivity contribution in [2.75, 3.05) is 37.7 Å². The van der Waals surface area contributed by atoms with Crippen molar-refractivity contribution in [2.45, 2.75) is 38.1 Å². The number of hydrogen-bond acceptors (Lipinski definition) is 5. The lowest BCUT2D eigenvalue weighted by Gasteiger charge is -2.19. The average molecular weight is 305 g/mol. The van der Waals surface area contributed by atoms with E-state index in [0.29, 0.717) is 18.6 Å². The Labute approximate surface area is 132 Å². The zero-order valence-electron chi connectivity index (χ0n) is 13.2. The van der Waals surface area contributed by atoms with E-state index >= 15 is 0 Å². The van der Waals surface area contributed by atoms with Gasteiger partial charge in [0.25, 0.3) is 0 Å². The van der Waals surface area contributed by atoms with Crippen molar-refractivity contribution >= 4 is 5.69 Å². The first-order valence-corrected chi connectivity index (χ1v) is 8.52. The maximum absolute atomic E-state index is 8.95. The fourth-order valence-corrected chi connectivity index (χ4v) is 3.44. The number of hydrogen-bond donors (Lipinski definition) is 2. The van der Waals surface area contributed by atoms with Gasteiger partial charge >= 0.3 is 0 Å². The molecular weight excluding hydrogens is 278 g/mol. The van der Waals surface area contributed by atoms with Gasteiger partial charge in [0.05, 0.1) is 18.1 Å². The van der Waals surface area contributed by atoms with Crippen LogP contribution in [0.25, 0.3) is 0 Å². The Balaban J connectivity index is 1.52. The minimum Gasteiger partial charge on any atom is -0.490 e. The molecule has 0 amide bonds. The van der Waals surface area contributed by atoms with Crippen LogP contribution in [0.2, 0.25) is 0 Å². The van der Waals surface area contributed by atoms with Crippen molar-refractivity contribution in [3.63, 3.8) is 0 Å². The first-order chi connectivity index (χ1) is 10.8. The third-order valence-electron chi connectivity index (χ3n) is 4.73. The summed E-state index contributed by atoms with van der Waals surface area (Å²) in [6.07, 6.45) is 9.41. The highest BCUT2D eigenvalue weighted by Gasteiger charge is 2.23. The number of anilines is 1. The molecule has 2 N–H and O–H groups in total. The molecule has 0 aliphatic carbocycles. The average Bonchev–Trinajstić information content (AvgIpc) is 3.23. The summed E-state index contributed by atoms with van der Waals surface area (Å²) >= 11 is 0. The van der Waals surface area contributed by atoms with Gasteiger partial charge in [-0.3, -0.25) is 4.98 Å². The second-order valence-corrected chi connectivity index (χ2v) is 6.45. The molecule has 5 heteroatoms. The predicted octanol–water partition coefficient (Wildman–Crippen LogP) is 1.81. The van der Waals surface area contributed by atoms with Gasteiger partial charge in [0.1, 0.15) is 12.4 Å². The molecule has 1 aromatic rings. The molecule has 3 rings (SSSR count). The monoisotopic (exact) mass is 305 g/mol. The van der Waals surface area contributed by atoms with Crippen LogP contribution in [-0.4, -0.2) is 49.0 Å². The molecule has 2 saturated heterocycles. The smallest absolute Gasteiger partial charge is 0.139 e. The largest absolute Gasteiger partial charge is 0.490 e. The summed E-state index contributed by atoms with van der Waals surface area (Å²) in [6, 6.07) is 2.59. The second kappa shape index (κ2) is 7.79. The van der Waals surface area contributed by atoms with Crippen LogP contribution >= 0.6 is 0 Å². The first kappa shape index (κ1) is 15.6. The maximum atomic E-state index is 8.95. The molecule has 2 aliphatic heterocycles. The number of nitrogens with zero attached hydrogens (tertiary/aromatic N) is 2. The number of nitrogens with one attached hydrogen (secondary N) is 1. The molecule has 2 aliphatic rings. The zero-order valence-corrected chi connectivity index (χ0v) is 13.2. The van der Waals surface area contributed by atoms with Gasteiger partial charge in [-0.2, -0.15) is 0 Å². The lowest BCUT2D eigenvalue weighted by Crippen LogP contribution is -2.28. The minimum atomic E-state index is 0.302. The summed E-state index contributed by atoms with van der Waals surface area (Å²) in [4.78, 5) is 6.72. The highest BCUT2D eigenvalue weighted by atomic mass is 16.5. The van der Waals surface area contributed by atoms with Gasteiger partial charge in [-0.15, -0.1) is 0 Å². The molecule has 22 heavy (non-hydrogen) atoms. The topological polar surface area (TPSA) is 57.6 Å². The van der Waals surface area contributed by atoms with Gasteiger partial charge in [-0.1, -0.05) is 0 Å². The number of aromatic nitrogens is 1. The van der Waals surface area contributed by atoms with Gasteiger partial charge in [-0.05, 0) is 44.6 Å². The number of pyridine rings is 1. The molecule has 2 fully saturated rings. The highest BCUT2D eigenvalue weighted by molar-refractivity contribution is 5.49. The van der Waals surface area contributed by atoms with Crippen molar-refractivity contribution < 1.29 is 9.84 Å². The maximum Gasteiger partial charge on any atom is 0.139 e. The van der Waals surface area contributed by atoms with Crippen molar-refractivity contribution in [1.29, 1.82) is 0 Å². The van der Waals surface area contributed by atoms with E-state index in [1.807, 2.05) is 6.20 Å². The quantitative estimate of drug-likeness (QED) is 0.804. The van der Waals surface area contributed by atoms with Gasteiger partial charge < -0.3 is 20.1 Å². The van der Waals surface area contributed by atoms with Crippen LogP contribution in [-0.2, 0) is 0 Å². The normalized spacial score (nSPS) is 24.9. The molecule has 5 nitrogen and oxygen atoms in total. The molecule has 0 aromatic carbocycles. The Bertz CT molecular complexity index is 463. The summed E-state index contributed by atoms with van der Waals surface area (Å²) < 4.78 is 5.90. The lowest BCUT2D eigenvalue weighted by molar-refractivity contribution is 0.274. The van der Waals surface area contributed by atoms with Crippen LogP contribution in [0.15, 0.2) is 18.5 Å². The van der Waals surface area contributed by atoms with Crippen LogP contribution < -0.4 is 15.0 Å². The van der Waals surface area contributed by atoms with Crippen molar-refractivity contribution in [1.82, 2.24) is 10.3 Å². The second-order valence-electron chi connectivity index (χ2n) is 6.45. The Kier molecular flexibility index (Phi) is 5.51. The Morgan fingerprint density at radius 1 is 1.36 bits per heavy atom. The van der Waals surface area contributed by atoms with Crippen molar-refractivity contribution in [3.05, 3.63) is 18.5 Å². The van der Waals surface area contributed by atoms with Gasteiger partial charge in [0.2, 0.25) is 0 Å². The molecular formula is C17H27N3O2. The van der Waals surface area contributed by atoms with E-state index in [1.165, 1.54) is 19.3 Å². The summed E-state index contributed by atoms with van der Waals surface area (Å²) in [5, 5.41) is 12.4. The van der Waals surface area contributed by atoms with Gasteiger partial charge in [0, 0.05) is 31.8 Å². The van der Waals surface area contributed by atoms with Crippen molar-refractivity contribution in [3.8, 4) is 5.75 Å². The minimum absolute atomic E-state index is 0.302. The standard InChI is InChI=1S/C17H27N3O2/c21-8-2-3-14-5-7-20(12-14)16-9-17(11-18-10-16)22-13-15-4-1-6-19-15/h9-11,14-15,19,21H,1-8,12-13H2/t14?,15-/m0/s1. The predicted molar refractivity (Wildman–Crippen MR) is 87.4 cm³/mol. The van der Waals surface area contributed by atoms with E-state index in [0.717, 1.165) is 50.5 Å². The molecule has 122 valence electrons. The molecule has 0 radical (unpaired) electrons. The molecule has 0 bridgehead atoms. The van der Waals surface area contributed by atoms with E-state index in [1.54, 1.807) is 6.20 Å². The summed E-state index contributed by atoms with van der Waals surface area (Å²) in [5.41, 5.74) is 1.16. The van der Waals surface area contributed by atoms with Crippen LogP contribution in [0.1, 0.15) is 32.1 Å². The zero-order chi connectivity index (χ0) is 15.2. The SMILES string of the molecule is OCCCC1CCN(c2cncc(OC[C@@H]3CCCN3)c2)C1. The molecule has 3 heterocycles. The van der Waals surface area contributed by atoms with Crippen LogP contribution in [0, 0.1) is 5.92 Å². The third-order valence-corrected chi connectivity index (χ3v) is 4.73. The highest BCUT2D eigenvalue weighted by Crippen LogP contribution is 2.28. The van der Waals surface area contributed by atoms with Crippen molar-refractivity contribution in [2.24, 2.45) is 5.92 Å².